The molecule has 1 unspecified atom stereocenters. The van der Waals surface area contributed by atoms with E-state index < -0.39 is 0 Å². The van der Waals surface area contributed by atoms with Gasteiger partial charge in [-0.2, -0.15) is 0 Å². The Bertz CT molecular complexity index is 811. The van der Waals surface area contributed by atoms with Gasteiger partial charge in [0.25, 0.3) is 0 Å². The number of para-hydroxylation sites is 1. The Morgan fingerprint density at radius 3 is 2.47 bits per heavy atom. The molecular weight excluding hydrogens is 515 g/mol. The van der Waals surface area contributed by atoms with Crippen LogP contribution in [0.3, 0.4) is 0 Å². The lowest BCUT2D eigenvalue weighted by Crippen LogP contribution is -2.49. The average Bonchev–Trinajstić information content (AvgIpc) is 2.83. The largest absolute Gasteiger partial charge is 0.496 e. The van der Waals surface area contributed by atoms with Crippen molar-refractivity contribution in [2.75, 3.05) is 40.4 Å². The predicted molar refractivity (Wildman–Crippen MR) is 142 cm³/mol. The molecule has 1 heterocycles. The fraction of sp³-hybridized carbons (Fsp3) is 0.480. The lowest BCUT2D eigenvalue weighted by Gasteiger charge is -2.37. The molecule has 0 aromatic heterocycles. The number of aliphatic imine (C=N–C) groups is 1. The van der Waals surface area contributed by atoms with Gasteiger partial charge in [-0.05, 0) is 31.4 Å². The smallest absolute Gasteiger partial charge is 0.191 e. The minimum Gasteiger partial charge on any atom is -0.496 e. The summed E-state index contributed by atoms with van der Waals surface area (Å²) >= 11 is 0. The van der Waals surface area contributed by atoms with Crippen molar-refractivity contribution in [1.82, 2.24) is 15.5 Å². The third-order valence-corrected chi connectivity index (χ3v) is 5.91. The van der Waals surface area contributed by atoms with Crippen LogP contribution in [0.1, 0.15) is 36.9 Å². The maximum Gasteiger partial charge on any atom is 0.191 e. The second-order valence-electron chi connectivity index (χ2n) is 7.90. The number of nitrogens with one attached hydrogen (secondary N) is 2. The number of rotatable bonds is 9. The molecular formula is C25H37IN4O2. The molecule has 0 saturated carbocycles. The highest BCUT2D eigenvalue weighted by Crippen LogP contribution is 2.24. The molecule has 1 fully saturated rings. The van der Waals surface area contributed by atoms with Gasteiger partial charge in [0.1, 0.15) is 5.75 Å². The first-order valence-electron chi connectivity index (χ1n) is 11.2. The molecule has 0 spiro atoms. The van der Waals surface area contributed by atoms with E-state index >= 15 is 0 Å². The first kappa shape index (κ1) is 26.4. The normalized spacial score (nSPS) is 16.2. The van der Waals surface area contributed by atoms with E-state index in [9.17, 15) is 0 Å². The van der Waals surface area contributed by atoms with Crippen molar-refractivity contribution < 1.29 is 9.47 Å². The number of hydrogen-bond donors (Lipinski definition) is 2. The van der Waals surface area contributed by atoms with Gasteiger partial charge in [-0.1, -0.05) is 48.5 Å². The molecule has 2 aromatic carbocycles. The van der Waals surface area contributed by atoms with Gasteiger partial charge in [0.15, 0.2) is 5.96 Å². The van der Waals surface area contributed by atoms with Gasteiger partial charge in [-0.25, -0.2) is 0 Å². The SMILES string of the molecule is CN=C(NCCOCc1ccccc1OC)NC1CCN(C(C)c2ccccc2)CC1.I. The number of benzene rings is 2. The number of nitrogens with zero attached hydrogens (tertiary/aromatic N) is 2. The summed E-state index contributed by atoms with van der Waals surface area (Å²) in [6.45, 7) is 6.33. The minimum absolute atomic E-state index is 0. The summed E-state index contributed by atoms with van der Waals surface area (Å²) in [7, 11) is 3.50. The number of ether oxygens (including phenoxy) is 2. The van der Waals surface area contributed by atoms with E-state index in [0.29, 0.717) is 31.8 Å². The van der Waals surface area contributed by atoms with Crippen molar-refractivity contribution in [1.29, 1.82) is 0 Å². The Morgan fingerprint density at radius 1 is 1.09 bits per heavy atom. The Hall–Kier alpha value is -1.84. The molecule has 1 saturated heterocycles. The van der Waals surface area contributed by atoms with Crippen LogP contribution in [0, 0.1) is 0 Å². The monoisotopic (exact) mass is 552 g/mol. The predicted octanol–water partition coefficient (Wildman–Crippen LogP) is 4.22. The highest BCUT2D eigenvalue weighted by Gasteiger charge is 2.23. The Morgan fingerprint density at radius 2 is 1.78 bits per heavy atom. The minimum atomic E-state index is 0. The molecule has 0 radical (unpaired) electrons. The van der Waals surface area contributed by atoms with Crippen molar-refractivity contribution in [2.24, 2.45) is 4.99 Å². The van der Waals surface area contributed by atoms with Gasteiger partial charge in [-0.3, -0.25) is 9.89 Å². The van der Waals surface area contributed by atoms with E-state index in [1.54, 1.807) is 7.11 Å². The number of guanidine groups is 1. The third kappa shape index (κ3) is 7.94. The lowest BCUT2D eigenvalue weighted by atomic mass is 10.0. The average molecular weight is 553 g/mol. The summed E-state index contributed by atoms with van der Waals surface area (Å²) in [6, 6.07) is 19.6. The number of likely N-dealkylation sites (tertiary alicyclic amines) is 1. The van der Waals surface area contributed by atoms with Gasteiger partial charge in [0, 0.05) is 44.3 Å². The molecule has 0 bridgehead atoms. The molecule has 1 atom stereocenters. The molecule has 7 heteroatoms. The fourth-order valence-electron chi connectivity index (χ4n) is 4.01. The molecule has 2 aromatic rings. The second kappa shape index (κ2) is 14.3. The summed E-state index contributed by atoms with van der Waals surface area (Å²) < 4.78 is 11.2. The lowest BCUT2D eigenvalue weighted by molar-refractivity contribution is 0.123. The summed E-state index contributed by atoms with van der Waals surface area (Å²) in [4.78, 5) is 6.94. The maximum atomic E-state index is 5.80. The van der Waals surface area contributed by atoms with Crippen LogP contribution < -0.4 is 15.4 Å². The highest BCUT2D eigenvalue weighted by atomic mass is 127. The van der Waals surface area contributed by atoms with Gasteiger partial charge >= 0.3 is 0 Å². The van der Waals surface area contributed by atoms with E-state index in [0.717, 1.165) is 43.2 Å². The van der Waals surface area contributed by atoms with Gasteiger partial charge < -0.3 is 20.1 Å². The third-order valence-electron chi connectivity index (χ3n) is 5.91. The van der Waals surface area contributed by atoms with Crippen molar-refractivity contribution >= 4 is 29.9 Å². The van der Waals surface area contributed by atoms with Crippen LogP contribution in [-0.2, 0) is 11.3 Å². The summed E-state index contributed by atoms with van der Waals surface area (Å²) in [5, 5.41) is 6.93. The zero-order valence-corrected chi connectivity index (χ0v) is 21.8. The van der Waals surface area contributed by atoms with Crippen LogP contribution in [0.25, 0.3) is 0 Å². The molecule has 176 valence electrons. The summed E-state index contributed by atoms with van der Waals surface area (Å²) in [6.07, 6.45) is 2.23. The quantitative estimate of drug-likeness (QED) is 0.211. The van der Waals surface area contributed by atoms with Crippen LogP contribution in [0.4, 0.5) is 0 Å². The van der Waals surface area contributed by atoms with Crippen LogP contribution in [0.15, 0.2) is 59.6 Å². The Kier molecular flexibility index (Phi) is 11.8. The Labute approximate surface area is 209 Å². The van der Waals surface area contributed by atoms with E-state index in [1.807, 2.05) is 31.3 Å². The number of piperidine rings is 1. The van der Waals surface area contributed by atoms with Crippen molar-refractivity contribution in [2.45, 2.75) is 38.5 Å². The van der Waals surface area contributed by atoms with Crippen LogP contribution in [-0.4, -0.2) is 57.3 Å². The zero-order valence-electron chi connectivity index (χ0n) is 19.4. The van der Waals surface area contributed by atoms with Crippen molar-refractivity contribution in [3.8, 4) is 5.75 Å². The zero-order chi connectivity index (χ0) is 21.9. The standard InChI is InChI=1S/C25H36N4O2.HI/c1-20(21-9-5-4-6-10-21)29-16-13-23(14-17-29)28-25(26-2)27-15-18-31-19-22-11-7-8-12-24(22)30-3;/h4-12,20,23H,13-19H2,1-3H3,(H2,26,27,28);1H. The maximum absolute atomic E-state index is 5.80. The molecule has 0 amide bonds. The molecule has 0 aliphatic carbocycles. The topological polar surface area (TPSA) is 58.1 Å². The van der Waals surface area contributed by atoms with Crippen molar-refractivity contribution in [3.63, 3.8) is 0 Å². The Balaban J connectivity index is 0.00000363. The highest BCUT2D eigenvalue weighted by molar-refractivity contribution is 14.0. The number of halogens is 1. The first-order valence-corrected chi connectivity index (χ1v) is 11.2. The van der Waals surface area contributed by atoms with E-state index in [-0.39, 0.29) is 24.0 Å². The second-order valence-corrected chi connectivity index (χ2v) is 7.90. The van der Waals surface area contributed by atoms with Crippen LogP contribution in [0.2, 0.25) is 0 Å². The summed E-state index contributed by atoms with van der Waals surface area (Å²) in [5.74, 6) is 1.70. The molecule has 1 aliphatic heterocycles. The van der Waals surface area contributed by atoms with Gasteiger partial charge in [0.2, 0.25) is 0 Å². The first-order chi connectivity index (χ1) is 15.2. The molecule has 3 rings (SSSR count). The molecule has 1 aliphatic rings. The van der Waals surface area contributed by atoms with E-state index in [4.69, 9.17) is 9.47 Å². The molecule has 6 nitrogen and oxygen atoms in total. The van der Waals surface area contributed by atoms with E-state index in [1.165, 1.54) is 5.56 Å². The molecule has 2 N–H and O–H groups in total. The van der Waals surface area contributed by atoms with Gasteiger partial charge in [-0.15, -0.1) is 24.0 Å². The molecule has 32 heavy (non-hydrogen) atoms. The van der Waals surface area contributed by atoms with Crippen LogP contribution in [0.5, 0.6) is 5.75 Å². The number of hydrogen-bond acceptors (Lipinski definition) is 4. The van der Waals surface area contributed by atoms with Crippen LogP contribution >= 0.6 is 24.0 Å². The van der Waals surface area contributed by atoms with Crippen molar-refractivity contribution in [3.05, 3.63) is 65.7 Å². The fourth-order valence-corrected chi connectivity index (χ4v) is 4.01. The summed E-state index contributed by atoms with van der Waals surface area (Å²) in [5.41, 5.74) is 2.45. The van der Waals surface area contributed by atoms with Gasteiger partial charge in [0.05, 0.1) is 20.3 Å². The number of methoxy groups -OCH3 is 1. The van der Waals surface area contributed by atoms with E-state index in [2.05, 4.69) is 57.8 Å².